The maximum absolute atomic E-state index is 14.4. The molecule has 0 radical (unpaired) electrons. The van der Waals surface area contributed by atoms with Gasteiger partial charge in [-0.15, -0.1) is 0 Å². The molecule has 1 aliphatic rings. The van der Waals surface area contributed by atoms with Gasteiger partial charge in [-0.05, 0) is 60.2 Å². The summed E-state index contributed by atoms with van der Waals surface area (Å²) >= 11 is 0. The maximum atomic E-state index is 14.4. The molecule has 0 unspecified atom stereocenters. The first-order valence-electron chi connectivity index (χ1n) is 7.42. The Morgan fingerprint density at radius 2 is 1.76 bits per heavy atom. The van der Waals surface area contributed by atoms with E-state index >= 15 is 0 Å². The molecular weight excluding hydrogens is 266 g/mol. The van der Waals surface area contributed by atoms with Gasteiger partial charge in [-0.25, -0.2) is 8.78 Å². The smallest absolute Gasteiger partial charge is 0.131 e. The van der Waals surface area contributed by atoms with Crippen LogP contribution in [0, 0.1) is 11.6 Å². The standard InChI is InChI=1S/C19H18F2/c1-2-3-13-4-5-15-11-18(19(21)12-16(15)10-13)14-6-8-17(20)9-7-14/h4,6-9,11-12H,2-3,5,10H2,1H3. The summed E-state index contributed by atoms with van der Waals surface area (Å²) in [5.74, 6) is -0.526. The van der Waals surface area contributed by atoms with E-state index in [0.29, 0.717) is 5.56 Å². The van der Waals surface area contributed by atoms with Gasteiger partial charge in [0.15, 0.2) is 0 Å². The van der Waals surface area contributed by atoms with Gasteiger partial charge >= 0.3 is 0 Å². The molecule has 0 heterocycles. The van der Waals surface area contributed by atoms with Crippen molar-refractivity contribution >= 4 is 0 Å². The van der Waals surface area contributed by atoms with Crippen molar-refractivity contribution in [1.29, 1.82) is 0 Å². The van der Waals surface area contributed by atoms with E-state index in [-0.39, 0.29) is 11.6 Å². The van der Waals surface area contributed by atoms with E-state index < -0.39 is 0 Å². The molecule has 0 fully saturated rings. The average Bonchev–Trinajstić information content (AvgIpc) is 2.48. The number of halogens is 2. The Balaban J connectivity index is 1.96. The molecule has 0 spiro atoms. The lowest BCUT2D eigenvalue weighted by Gasteiger charge is -2.18. The fraction of sp³-hybridized carbons (Fsp3) is 0.263. The van der Waals surface area contributed by atoms with Crippen LogP contribution in [-0.2, 0) is 12.8 Å². The molecule has 1 aliphatic carbocycles. The minimum absolute atomic E-state index is 0.224. The van der Waals surface area contributed by atoms with Crippen LogP contribution in [0.3, 0.4) is 0 Å². The van der Waals surface area contributed by atoms with Crippen LogP contribution in [0.5, 0.6) is 0 Å². The Morgan fingerprint density at radius 1 is 1.00 bits per heavy atom. The molecule has 0 atom stereocenters. The van der Waals surface area contributed by atoms with Gasteiger partial charge in [0.2, 0.25) is 0 Å². The summed E-state index contributed by atoms with van der Waals surface area (Å²) in [5.41, 5.74) is 4.94. The van der Waals surface area contributed by atoms with Crippen LogP contribution >= 0.6 is 0 Å². The van der Waals surface area contributed by atoms with E-state index in [4.69, 9.17) is 0 Å². The van der Waals surface area contributed by atoms with Gasteiger partial charge in [0.25, 0.3) is 0 Å². The van der Waals surface area contributed by atoms with Crippen molar-refractivity contribution < 1.29 is 8.78 Å². The third-order valence-electron chi connectivity index (χ3n) is 4.04. The molecule has 0 saturated heterocycles. The maximum Gasteiger partial charge on any atom is 0.131 e. The predicted molar refractivity (Wildman–Crippen MR) is 82.2 cm³/mol. The van der Waals surface area contributed by atoms with E-state index in [1.165, 1.54) is 23.3 Å². The van der Waals surface area contributed by atoms with Crippen LogP contribution in [0.25, 0.3) is 11.1 Å². The van der Waals surface area contributed by atoms with Crippen molar-refractivity contribution in [2.75, 3.05) is 0 Å². The van der Waals surface area contributed by atoms with Gasteiger partial charge in [0.05, 0.1) is 0 Å². The van der Waals surface area contributed by atoms with Crippen molar-refractivity contribution in [2.45, 2.75) is 32.6 Å². The molecular formula is C19H18F2. The molecule has 2 aromatic carbocycles. The minimum Gasteiger partial charge on any atom is -0.207 e. The Kier molecular flexibility index (Phi) is 3.87. The highest BCUT2D eigenvalue weighted by atomic mass is 19.1. The van der Waals surface area contributed by atoms with Gasteiger partial charge in [-0.1, -0.05) is 37.1 Å². The molecule has 3 rings (SSSR count). The molecule has 0 bridgehead atoms. The molecule has 0 aliphatic heterocycles. The molecule has 2 heteroatoms. The van der Waals surface area contributed by atoms with Gasteiger partial charge < -0.3 is 0 Å². The second-order valence-electron chi connectivity index (χ2n) is 5.60. The summed E-state index contributed by atoms with van der Waals surface area (Å²) in [5, 5.41) is 0. The average molecular weight is 284 g/mol. The lowest BCUT2D eigenvalue weighted by molar-refractivity contribution is 0.624. The monoisotopic (exact) mass is 284 g/mol. The third-order valence-corrected chi connectivity index (χ3v) is 4.04. The zero-order valence-electron chi connectivity index (χ0n) is 12.1. The number of rotatable bonds is 3. The molecule has 0 saturated carbocycles. The van der Waals surface area contributed by atoms with Gasteiger partial charge in [-0.3, -0.25) is 0 Å². The first-order valence-corrected chi connectivity index (χ1v) is 7.42. The zero-order valence-corrected chi connectivity index (χ0v) is 12.1. The van der Waals surface area contributed by atoms with Crippen LogP contribution in [0.15, 0.2) is 48.0 Å². The van der Waals surface area contributed by atoms with Crippen LogP contribution in [0.1, 0.15) is 30.9 Å². The Bertz CT molecular complexity index is 681. The lowest BCUT2D eigenvalue weighted by atomic mass is 9.87. The summed E-state index contributed by atoms with van der Waals surface area (Å²) in [7, 11) is 0. The molecule has 0 N–H and O–H groups in total. The Morgan fingerprint density at radius 3 is 2.48 bits per heavy atom. The summed E-state index contributed by atoms with van der Waals surface area (Å²) < 4.78 is 27.4. The highest BCUT2D eigenvalue weighted by Crippen LogP contribution is 2.31. The number of benzene rings is 2. The van der Waals surface area contributed by atoms with Crippen LogP contribution in [-0.4, -0.2) is 0 Å². The molecule has 0 amide bonds. The van der Waals surface area contributed by atoms with Crippen molar-refractivity contribution in [3.63, 3.8) is 0 Å². The van der Waals surface area contributed by atoms with E-state index in [1.807, 2.05) is 6.07 Å². The highest BCUT2D eigenvalue weighted by molar-refractivity contribution is 5.66. The molecule has 2 aromatic rings. The fourth-order valence-corrected chi connectivity index (χ4v) is 2.95. The Labute approximate surface area is 124 Å². The van der Waals surface area contributed by atoms with E-state index in [0.717, 1.165) is 36.8 Å². The zero-order chi connectivity index (χ0) is 14.8. The SMILES string of the molecule is CCCC1=CCc2cc(-c3ccc(F)cc3)c(F)cc2C1. The molecule has 0 nitrogen and oxygen atoms in total. The summed E-state index contributed by atoms with van der Waals surface area (Å²) in [6.07, 6.45) is 6.18. The van der Waals surface area contributed by atoms with Gasteiger partial charge in [0, 0.05) is 5.56 Å². The second kappa shape index (κ2) is 5.80. The predicted octanol–water partition coefficient (Wildman–Crippen LogP) is 5.46. The number of hydrogen-bond donors (Lipinski definition) is 0. The number of hydrogen-bond acceptors (Lipinski definition) is 0. The van der Waals surface area contributed by atoms with Gasteiger partial charge in [-0.2, -0.15) is 0 Å². The normalized spacial score (nSPS) is 13.8. The van der Waals surface area contributed by atoms with Crippen LogP contribution < -0.4 is 0 Å². The van der Waals surface area contributed by atoms with Crippen molar-refractivity contribution in [2.24, 2.45) is 0 Å². The lowest BCUT2D eigenvalue weighted by Crippen LogP contribution is -2.05. The van der Waals surface area contributed by atoms with Crippen LogP contribution in [0.4, 0.5) is 8.78 Å². The first kappa shape index (κ1) is 14.0. The summed E-state index contributed by atoms with van der Waals surface area (Å²) in [6, 6.07) is 9.55. The van der Waals surface area contributed by atoms with Crippen LogP contribution in [0.2, 0.25) is 0 Å². The van der Waals surface area contributed by atoms with Gasteiger partial charge in [0.1, 0.15) is 11.6 Å². The summed E-state index contributed by atoms with van der Waals surface area (Å²) in [4.78, 5) is 0. The van der Waals surface area contributed by atoms with E-state index in [1.54, 1.807) is 18.2 Å². The van der Waals surface area contributed by atoms with Crippen molar-refractivity contribution in [3.8, 4) is 11.1 Å². The minimum atomic E-state index is -0.302. The van der Waals surface area contributed by atoms with E-state index in [9.17, 15) is 8.78 Å². The third kappa shape index (κ3) is 2.90. The topological polar surface area (TPSA) is 0 Å². The number of allylic oxidation sites excluding steroid dienone is 2. The van der Waals surface area contributed by atoms with E-state index in [2.05, 4.69) is 13.0 Å². The first-order chi connectivity index (χ1) is 10.2. The van der Waals surface area contributed by atoms with Crippen molar-refractivity contribution in [3.05, 3.63) is 70.8 Å². The highest BCUT2D eigenvalue weighted by Gasteiger charge is 2.15. The Hall–Kier alpha value is -1.96. The second-order valence-corrected chi connectivity index (χ2v) is 5.60. The molecule has 108 valence electrons. The number of fused-ring (bicyclic) bond motifs is 1. The van der Waals surface area contributed by atoms with Crippen molar-refractivity contribution in [1.82, 2.24) is 0 Å². The quantitative estimate of drug-likeness (QED) is 0.657. The molecule has 21 heavy (non-hydrogen) atoms. The fourth-order valence-electron chi connectivity index (χ4n) is 2.95. The molecule has 0 aromatic heterocycles. The summed E-state index contributed by atoms with van der Waals surface area (Å²) in [6.45, 7) is 2.16. The largest absolute Gasteiger partial charge is 0.207 e.